The second-order valence-corrected chi connectivity index (χ2v) is 7.68. The van der Waals surface area contributed by atoms with Gasteiger partial charge in [0.05, 0.1) is 5.41 Å². The number of esters is 1. The van der Waals surface area contributed by atoms with Gasteiger partial charge in [-0.05, 0) is 63.2 Å². The van der Waals surface area contributed by atoms with Gasteiger partial charge in [-0.2, -0.15) is 0 Å². The normalized spacial score (nSPS) is 50.4. The average Bonchev–Trinajstić information content (AvgIpc) is 2.58. The van der Waals surface area contributed by atoms with Crippen LogP contribution in [0.25, 0.3) is 0 Å². The predicted octanol–water partition coefficient (Wildman–Crippen LogP) is 3.54. The lowest BCUT2D eigenvalue weighted by atomic mass is 9.85. The molecule has 2 bridgehead atoms. The van der Waals surface area contributed by atoms with Crippen molar-refractivity contribution in [2.75, 3.05) is 0 Å². The van der Waals surface area contributed by atoms with Crippen LogP contribution in [0, 0.1) is 22.7 Å². The molecule has 4 atom stereocenters. The smallest absolute Gasteiger partial charge is 0.312 e. The second-order valence-electron chi connectivity index (χ2n) is 7.68. The first kappa shape index (κ1) is 11.6. The van der Waals surface area contributed by atoms with E-state index in [2.05, 4.69) is 27.7 Å². The zero-order chi connectivity index (χ0) is 12.5. The molecule has 3 aliphatic carbocycles. The largest absolute Gasteiger partial charge is 0.459 e. The fourth-order valence-corrected chi connectivity index (χ4v) is 4.19. The third-order valence-corrected chi connectivity index (χ3v) is 6.04. The predicted molar refractivity (Wildman–Crippen MR) is 66.5 cm³/mol. The number of fused-ring (bicyclic) bond motifs is 2. The van der Waals surface area contributed by atoms with Crippen LogP contribution in [0.3, 0.4) is 0 Å². The molecule has 0 amide bonds. The molecule has 3 saturated carbocycles. The van der Waals surface area contributed by atoms with E-state index in [0.717, 1.165) is 18.8 Å². The van der Waals surface area contributed by atoms with E-state index >= 15 is 0 Å². The summed E-state index contributed by atoms with van der Waals surface area (Å²) in [6.07, 6.45) is 5.96. The van der Waals surface area contributed by atoms with Crippen LogP contribution in [0.1, 0.15) is 59.8 Å². The van der Waals surface area contributed by atoms with Crippen LogP contribution in [-0.2, 0) is 9.53 Å². The molecule has 3 fully saturated rings. The highest BCUT2D eigenvalue weighted by atomic mass is 16.6. The Kier molecular flexibility index (Phi) is 2.09. The van der Waals surface area contributed by atoms with Crippen LogP contribution < -0.4 is 0 Å². The molecule has 0 saturated heterocycles. The molecule has 2 nitrogen and oxygen atoms in total. The summed E-state index contributed by atoms with van der Waals surface area (Å²) in [6, 6.07) is 0. The molecule has 0 aromatic rings. The maximum absolute atomic E-state index is 12.4. The van der Waals surface area contributed by atoms with Gasteiger partial charge >= 0.3 is 5.97 Å². The first-order chi connectivity index (χ1) is 7.77. The maximum atomic E-state index is 12.4. The van der Waals surface area contributed by atoms with Gasteiger partial charge < -0.3 is 4.74 Å². The summed E-state index contributed by atoms with van der Waals surface area (Å²) in [7, 11) is 0. The van der Waals surface area contributed by atoms with Gasteiger partial charge in [-0.15, -0.1) is 0 Å². The lowest BCUT2D eigenvalue weighted by molar-refractivity contribution is -0.171. The Morgan fingerprint density at radius 2 is 1.82 bits per heavy atom. The quantitative estimate of drug-likeness (QED) is 0.685. The van der Waals surface area contributed by atoms with Gasteiger partial charge in [-0.1, -0.05) is 13.8 Å². The van der Waals surface area contributed by atoms with E-state index in [4.69, 9.17) is 4.74 Å². The molecule has 0 aromatic heterocycles. The van der Waals surface area contributed by atoms with E-state index in [1.807, 2.05) is 0 Å². The van der Waals surface area contributed by atoms with E-state index in [-0.39, 0.29) is 22.4 Å². The van der Waals surface area contributed by atoms with Crippen LogP contribution >= 0.6 is 0 Å². The van der Waals surface area contributed by atoms with Crippen molar-refractivity contribution in [1.29, 1.82) is 0 Å². The number of rotatable bonds is 2. The topological polar surface area (TPSA) is 26.3 Å². The molecule has 3 rings (SSSR count). The molecular weight excluding hydrogens is 212 g/mol. The Balaban J connectivity index is 1.70. The summed E-state index contributed by atoms with van der Waals surface area (Å²) in [6.45, 7) is 8.55. The highest BCUT2D eigenvalue weighted by Gasteiger charge is 2.65. The molecule has 2 heteroatoms. The van der Waals surface area contributed by atoms with E-state index in [1.54, 1.807) is 0 Å². The summed E-state index contributed by atoms with van der Waals surface area (Å²) in [5.41, 5.74) is -0.239. The Bertz CT molecular complexity index is 373. The summed E-state index contributed by atoms with van der Waals surface area (Å²) in [5, 5.41) is 0. The summed E-state index contributed by atoms with van der Waals surface area (Å²) in [4.78, 5) is 12.4. The van der Waals surface area contributed by atoms with Crippen LogP contribution in [0.15, 0.2) is 0 Å². The minimum absolute atomic E-state index is 0.0533. The lowest BCUT2D eigenvalue weighted by Crippen LogP contribution is -2.39. The molecule has 17 heavy (non-hydrogen) atoms. The molecule has 4 unspecified atom stereocenters. The number of carbonyl (C=O) groups is 1. The number of ether oxygens (including phenoxy) is 1. The van der Waals surface area contributed by atoms with Crippen LogP contribution in [0.5, 0.6) is 0 Å². The zero-order valence-corrected chi connectivity index (χ0v) is 11.5. The van der Waals surface area contributed by atoms with Gasteiger partial charge in [-0.25, -0.2) is 0 Å². The van der Waals surface area contributed by atoms with Crippen molar-refractivity contribution in [1.82, 2.24) is 0 Å². The molecule has 0 aliphatic heterocycles. The Morgan fingerprint density at radius 1 is 1.18 bits per heavy atom. The second kappa shape index (κ2) is 3.07. The molecule has 96 valence electrons. The van der Waals surface area contributed by atoms with Gasteiger partial charge in [0, 0.05) is 0 Å². The van der Waals surface area contributed by atoms with E-state index in [0.29, 0.717) is 5.92 Å². The third kappa shape index (κ3) is 1.49. The number of hydrogen-bond acceptors (Lipinski definition) is 2. The van der Waals surface area contributed by atoms with E-state index < -0.39 is 0 Å². The minimum atomic E-state index is -0.224. The highest BCUT2D eigenvalue weighted by molar-refractivity contribution is 5.81. The van der Waals surface area contributed by atoms with Gasteiger partial charge in [-0.3, -0.25) is 4.79 Å². The fourth-order valence-electron chi connectivity index (χ4n) is 4.19. The average molecular weight is 236 g/mol. The van der Waals surface area contributed by atoms with Crippen molar-refractivity contribution in [3.05, 3.63) is 0 Å². The van der Waals surface area contributed by atoms with Crippen molar-refractivity contribution in [3.63, 3.8) is 0 Å². The summed E-state index contributed by atoms with van der Waals surface area (Å²) < 4.78 is 5.96. The van der Waals surface area contributed by atoms with Crippen LogP contribution in [-0.4, -0.2) is 11.6 Å². The Morgan fingerprint density at radius 3 is 2.24 bits per heavy atom. The molecule has 0 N–H and O–H groups in total. The SMILES string of the molecule is CC1(OC(=O)C2(C)CC2(C)C)CC2CCC1C2. The molecule has 3 aliphatic rings. The van der Waals surface area contributed by atoms with E-state index in [9.17, 15) is 4.79 Å². The monoisotopic (exact) mass is 236 g/mol. The fraction of sp³-hybridized carbons (Fsp3) is 0.933. The van der Waals surface area contributed by atoms with Gasteiger partial charge in [0.2, 0.25) is 0 Å². The molecule has 0 aromatic carbocycles. The highest BCUT2D eigenvalue weighted by Crippen LogP contribution is 2.64. The molecule has 0 spiro atoms. The Hall–Kier alpha value is -0.530. The number of carbonyl (C=O) groups excluding carboxylic acids is 1. The molecular formula is C15H24O2. The first-order valence-electron chi connectivity index (χ1n) is 7.00. The van der Waals surface area contributed by atoms with Crippen LogP contribution in [0.4, 0.5) is 0 Å². The van der Waals surface area contributed by atoms with Gasteiger partial charge in [0.1, 0.15) is 5.60 Å². The van der Waals surface area contributed by atoms with Crippen molar-refractivity contribution >= 4 is 5.97 Å². The zero-order valence-electron chi connectivity index (χ0n) is 11.5. The maximum Gasteiger partial charge on any atom is 0.312 e. The third-order valence-electron chi connectivity index (χ3n) is 6.04. The van der Waals surface area contributed by atoms with Gasteiger partial charge in [0.15, 0.2) is 0 Å². The standard InChI is InChI=1S/C15H24O2/c1-13(2)9-14(13,3)12(16)17-15(4)8-10-5-6-11(15)7-10/h10-11H,5-9H2,1-4H3. The first-order valence-corrected chi connectivity index (χ1v) is 7.00. The van der Waals surface area contributed by atoms with E-state index in [1.165, 1.54) is 19.3 Å². The van der Waals surface area contributed by atoms with Crippen molar-refractivity contribution in [3.8, 4) is 0 Å². The molecule has 0 heterocycles. The summed E-state index contributed by atoms with van der Waals surface area (Å²) in [5.74, 6) is 1.50. The lowest BCUT2D eigenvalue weighted by Gasteiger charge is -2.35. The minimum Gasteiger partial charge on any atom is -0.459 e. The van der Waals surface area contributed by atoms with Crippen molar-refractivity contribution in [2.45, 2.75) is 65.4 Å². The van der Waals surface area contributed by atoms with Gasteiger partial charge in [0.25, 0.3) is 0 Å². The number of hydrogen-bond donors (Lipinski definition) is 0. The van der Waals surface area contributed by atoms with Crippen molar-refractivity contribution in [2.24, 2.45) is 22.7 Å². The Labute approximate surface area is 104 Å². The summed E-state index contributed by atoms with van der Waals surface area (Å²) >= 11 is 0. The molecule has 0 radical (unpaired) electrons. The van der Waals surface area contributed by atoms with Crippen molar-refractivity contribution < 1.29 is 9.53 Å². The van der Waals surface area contributed by atoms with Crippen LogP contribution in [0.2, 0.25) is 0 Å².